The third-order valence-electron chi connectivity index (χ3n) is 3.93. The summed E-state index contributed by atoms with van der Waals surface area (Å²) < 4.78 is 33.2. The van der Waals surface area contributed by atoms with E-state index in [0.717, 1.165) is 25.9 Å². The van der Waals surface area contributed by atoms with Crippen LogP contribution in [0.2, 0.25) is 0 Å². The number of piperidine rings is 1. The van der Waals surface area contributed by atoms with Crippen LogP contribution in [0.1, 0.15) is 19.8 Å². The predicted molar refractivity (Wildman–Crippen MR) is 86.1 cm³/mol. The Balaban J connectivity index is 2.09. The summed E-state index contributed by atoms with van der Waals surface area (Å²) in [6, 6.07) is 4.76. The molecule has 0 unspecified atom stereocenters. The molecule has 0 spiro atoms. The summed E-state index contributed by atoms with van der Waals surface area (Å²) in [6.07, 6.45) is 1.95. The van der Waals surface area contributed by atoms with Gasteiger partial charge in [0.15, 0.2) is 0 Å². The number of methoxy groups -OCH3 is 1. The van der Waals surface area contributed by atoms with Gasteiger partial charge in [-0.1, -0.05) is 6.92 Å². The van der Waals surface area contributed by atoms with Gasteiger partial charge in [-0.3, -0.25) is 0 Å². The van der Waals surface area contributed by atoms with E-state index in [-0.39, 0.29) is 10.3 Å². The Morgan fingerprint density at radius 2 is 2.05 bits per heavy atom. The third kappa shape index (κ3) is 4.18. The van der Waals surface area contributed by atoms with Crippen LogP contribution in [0, 0.1) is 5.41 Å². The van der Waals surface area contributed by atoms with Gasteiger partial charge in [-0.15, -0.1) is 0 Å². The first-order valence-corrected chi connectivity index (χ1v) is 9.18. The van der Waals surface area contributed by atoms with Crippen molar-refractivity contribution in [1.29, 1.82) is 0 Å². The van der Waals surface area contributed by atoms with Crippen molar-refractivity contribution < 1.29 is 13.2 Å². The minimum absolute atomic E-state index is 0.0159. The van der Waals surface area contributed by atoms with E-state index in [9.17, 15) is 8.42 Å². The molecule has 1 aliphatic rings. The Hall–Kier alpha value is -0.630. The van der Waals surface area contributed by atoms with Gasteiger partial charge in [0.1, 0.15) is 5.75 Å². The van der Waals surface area contributed by atoms with Crippen molar-refractivity contribution >= 4 is 26.0 Å². The van der Waals surface area contributed by atoms with E-state index in [1.54, 1.807) is 25.3 Å². The minimum atomic E-state index is -3.50. The van der Waals surface area contributed by atoms with Gasteiger partial charge in [-0.05, 0) is 65.5 Å². The molecule has 1 fully saturated rings. The first-order valence-electron chi connectivity index (χ1n) is 6.90. The molecule has 2 N–H and O–H groups in total. The second-order valence-electron chi connectivity index (χ2n) is 5.68. The lowest BCUT2D eigenvalue weighted by molar-refractivity contribution is 0.232. The smallest absolute Gasteiger partial charge is 0.240 e. The van der Waals surface area contributed by atoms with Gasteiger partial charge >= 0.3 is 0 Å². The normalized spacial score (nSPS) is 18.4. The van der Waals surface area contributed by atoms with E-state index >= 15 is 0 Å². The van der Waals surface area contributed by atoms with E-state index < -0.39 is 10.0 Å². The van der Waals surface area contributed by atoms with Crippen molar-refractivity contribution in [2.45, 2.75) is 24.7 Å². The molecule has 0 bridgehead atoms. The maximum Gasteiger partial charge on any atom is 0.240 e. The van der Waals surface area contributed by atoms with Crippen LogP contribution in [0.25, 0.3) is 0 Å². The molecule has 5 nitrogen and oxygen atoms in total. The maximum atomic E-state index is 12.4. The number of hydrogen-bond donors (Lipinski definition) is 2. The average Bonchev–Trinajstić information content (AvgIpc) is 2.46. The molecule has 7 heteroatoms. The molecule has 0 amide bonds. The summed E-state index contributed by atoms with van der Waals surface area (Å²) >= 11 is 3.31. The Kier molecular flexibility index (Phi) is 5.29. The number of sulfonamides is 1. The molecule has 21 heavy (non-hydrogen) atoms. The summed E-state index contributed by atoms with van der Waals surface area (Å²) in [4.78, 5) is 0.243. The lowest BCUT2D eigenvalue weighted by atomic mass is 9.81. The highest BCUT2D eigenvalue weighted by molar-refractivity contribution is 9.10. The summed E-state index contributed by atoms with van der Waals surface area (Å²) in [5.41, 5.74) is 0.0159. The second-order valence-corrected chi connectivity index (χ2v) is 8.30. The Bertz CT molecular complexity index is 598. The molecule has 1 saturated heterocycles. The van der Waals surface area contributed by atoms with Crippen LogP contribution in [0.3, 0.4) is 0 Å². The lowest BCUT2D eigenvalue weighted by Gasteiger charge is -2.34. The largest absolute Gasteiger partial charge is 0.496 e. The molecular formula is C14H21BrN2O3S. The molecule has 0 saturated carbocycles. The van der Waals surface area contributed by atoms with Gasteiger partial charge in [0.25, 0.3) is 0 Å². The average molecular weight is 377 g/mol. The molecule has 0 aromatic heterocycles. The number of ether oxygens (including phenoxy) is 1. The first kappa shape index (κ1) is 16.7. The topological polar surface area (TPSA) is 67.4 Å². The first-order chi connectivity index (χ1) is 9.86. The fourth-order valence-electron chi connectivity index (χ4n) is 2.37. The fraction of sp³-hybridized carbons (Fsp3) is 0.571. The van der Waals surface area contributed by atoms with E-state index in [2.05, 4.69) is 32.9 Å². The second kappa shape index (κ2) is 6.64. The SMILES string of the molecule is COc1ccc(S(=O)(=O)NCC2(C)CCNCC2)cc1Br. The zero-order chi connectivity index (χ0) is 15.5. The zero-order valence-corrected chi connectivity index (χ0v) is 14.7. The van der Waals surface area contributed by atoms with Crippen LogP contribution in [0.5, 0.6) is 5.75 Å². The van der Waals surface area contributed by atoms with Gasteiger partial charge in [-0.2, -0.15) is 0 Å². The van der Waals surface area contributed by atoms with Crippen LogP contribution in [0.4, 0.5) is 0 Å². The monoisotopic (exact) mass is 376 g/mol. The minimum Gasteiger partial charge on any atom is -0.496 e. The van der Waals surface area contributed by atoms with Gasteiger partial charge in [0.05, 0.1) is 16.5 Å². The number of hydrogen-bond acceptors (Lipinski definition) is 4. The highest BCUT2D eigenvalue weighted by atomic mass is 79.9. The molecule has 0 atom stereocenters. The van der Waals surface area contributed by atoms with E-state index in [1.165, 1.54) is 0 Å². The van der Waals surface area contributed by atoms with Gasteiger partial charge in [-0.25, -0.2) is 13.1 Å². The van der Waals surface area contributed by atoms with Crippen LogP contribution in [-0.4, -0.2) is 35.2 Å². The quantitative estimate of drug-likeness (QED) is 0.825. The highest BCUT2D eigenvalue weighted by Gasteiger charge is 2.28. The van der Waals surface area contributed by atoms with Crippen LogP contribution >= 0.6 is 15.9 Å². The molecule has 1 heterocycles. The molecule has 1 aliphatic heterocycles. The fourth-order valence-corrected chi connectivity index (χ4v) is 4.29. The molecular weight excluding hydrogens is 356 g/mol. The highest BCUT2D eigenvalue weighted by Crippen LogP contribution is 2.29. The number of rotatable bonds is 5. The molecule has 1 aromatic carbocycles. The molecule has 2 rings (SSSR count). The van der Waals surface area contributed by atoms with Gasteiger partial charge in [0.2, 0.25) is 10.0 Å². The Morgan fingerprint density at radius 1 is 1.38 bits per heavy atom. The molecule has 0 radical (unpaired) electrons. The molecule has 118 valence electrons. The van der Waals surface area contributed by atoms with E-state index in [4.69, 9.17) is 4.74 Å². The number of halogens is 1. The van der Waals surface area contributed by atoms with Crippen LogP contribution in [0.15, 0.2) is 27.6 Å². The molecule has 1 aromatic rings. The van der Waals surface area contributed by atoms with Crippen molar-refractivity contribution in [2.75, 3.05) is 26.7 Å². The predicted octanol–water partition coefficient (Wildman–Crippen LogP) is 2.13. The summed E-state index contributed by atoms with van der Waals surface area (Å²) in [5, 5.41) is 3.29. The Morgan fingerprint density at radius 3 is 2.62 bits per heavy atom. The zero-order valence-electron chi connectivity index (χ0n) is 12.3. The lowest BCUT2D eigenvalue weighted by Crippen LogP contribution is -2.42. The van der Waals surface area contributed by atoms with Crippen LogP contribution < -0.4 is 14.8 Å². The molecule has 0 aliphatic carbocycles. The maximum absolute atomic E-state index is 12.4. The van der Waals surface area contributed by atoms with Crippen molar-refractivity contribution in [1.82, 2.24) is 10.0 Å². The van der Waals surface area contributed by atoms with Crippen LogP contribution in [-0.2, 0) is 10.0 Å². The summed E-state index contributed by atoms with van der Waals surface area (Å²) in [7, 11) is -1.96. The van der Waals surface area contributed by atoms with Crippen molar-refractivity contribution in [3.8, 4) is 5.75 Å². The van der Waals surface area contributed by atoms with Gasteiger partial charge < -0.3 is 10.1 Å². The van der Waals surface area contributed by atoms with Gasteiger partial charge in [0, 0.05) is 6.54 Å². The Labute approximate surface area is 134 Å². The van der Waals surface area contributed by atoms with E-state index in [1.807, 2.05) is 0 Å². The van der Waals surface area contributed by atoms with Crippen molar-refractivity contribution in [3.05, 3.63) is 22.7 Å². The third-order valence-corrected chi connectivity index (χ3v) is 5.95. The van der Waals surface area contributed by atoms with Crippen molar-refractivity contribution in [3.63, 3.8) is 0 Å². The number of nitrogens with one attached hydrogen (secondary N) is 2. The standard InChI is InChI=1S/C14H21BrN2O3S/c1-14(5-7-16-8-6-14)10-17-21(18,19)11-3-4-13(20-2)12(15)9-11/h3-4,9,16-17H,5-8,10H2,1-2H3. The number of benzene rings is 1. The summed E-state index contributed by atoms with van der Waals surface area (Å²) in [5.74, 6) is 0.610. The summed E-state index contributed by atoms with van der Waals surface area (Å²) in [6.45, 7) is 4.46. The van der Waals surface area contributed by atoms with Crippen molar-refractivity contribution in [2.24, 2.45) is 5.41 Å². The van der Waals surface area contributed by atoms with E-state index in [0.29, 0.717) is 16.8 Å².